The molecule has 0 saturated carbocycles. The summed E-state index contributed by atoms with van der Waals surface area (Å²) in [5, 5.41) is 4.42. The highest BCUT2D eigenvalue weighted by atomic mass is 35.7. The fourth-order valence-electron chi connectivity index (χ4n) is 2.36. The van der Waals surface area contributed by atoms with E-state index in [-0.39, 0.29) is 4.90 Å². The fourth-order valence-corrected chi connectivity index (χ4v) is 3.89. The van der Waals surface area contributed by atoms with Crippen molar-refractivity contribution in [1.29, 1.82) is 0 Å². The van der Waals surface area contributed by atoms with Crippen LogP contribution < -0.4 is 0 Å². The molecule has 2 rings (SSSR count). The van der Waals surface area contributed by atoms with E-state index in [2.05, 4.69) is 10.1 Å². The molecule has 0 amide bonds. The van der Waals surface area contributed by atoms with Crippen LogP contribution in [-0.4, -0.2) is 23.2 Å². The molecule has 2 aromatic heterocycles. The van der Waals surface area contributed by atoms with E-state index in [4.69, 9.17) is 10.7 Å². The molecule has 7 heteroatoms. The summed E-state index contributed by atoms with van der Waals surface area (Å²) in [7, 11) is 1.80. The summed E-state index contributed by atoms with van der Waals surface area (Å²) in [6, 6.07) is 3.88. The third kappa shape index (κ3) is 3.63. The maximum Gasteiger partial charge on any atom is 0.264 e. The summed E-state index contributed by atoms with van der Waals surface area (Å²) in [4.78, 5) is 4.16. The van der Waals surface area contributed by atoms with Crippen LogP contribution in [0.4, 0.5) is 0 Å². The maximum absolute atomic E-state index is 11.8. The molecule has 2 aromatic rings. The maximum atomic E-state index is 11.8. The van der Waals surface area contributed by atoms with Crippen molar-refractivity contribution in [3.8, 4) is 0 Å². The Labute approximate surface area is 129 Å². The van der Waals surface area contributed by atoms with Gasteiger partial charge in [-0.25, -0.2) is 8.42 Å². The van der Waals surface area contributed by atoms with Crippen LogP contribution in [0.15, 0.2) is 29.4 Å². The SMILES string of the molecule is CCc1nn(CCc2ccncc2)c(CC)c1S(=O)(=O)Cl. The van der Waals surface area contributed by atoms with Gasteiger partial charge in [0.15, 0.2) is 0 Å². The van der Waals surface area contributed by atoms with E-state index >= 15 is 0 Å². The number of halogens is 1. The molecule has 0 aliphatic rings. The normalized spacial score (nSPS) is 11.8. The van der Waals surface area contributed by atoms with Crippen LogP contribution in [0.2, 0.25) is 0 Å². The minimum Gasteiger partial charge on any atom is -0.268 e. The molecule has 0 aromatic carbocycles. The van der Waals surface area contributed by atoms with E-state index < -0.39 is 9.05 Å². The van der Waals surface area contributed by atoms with Crippen molar-refractivity contribution in [3.05, 3.63) is 41.5 Å². The van der Waals surface area contributed by atoms with E-state index in [1.165, 1.54) is 0 Å². The van der Waals surface area contributed by atoms with Gasteiger partial charge < -0.3 is 0 Å². The first kappa shape index (κ1) is 16.0. The number of hydrogen-bond donors (Lipinski definition) is 0. The molecule has 0 saturated heterocycles. The van der Waals surface area contributed by atoms with Crippen molar-refractivity contribution < 1.29 is 8.42 Å². The van der Waals surface area contributed by atoms with Gasteiger partial charge in [-0.3, -0.25) is 9.67 Å². The predicted molar refractivity (Wildman–Crippen MR) is 82.0 cm³/mol. The van der Waals surface area contributed by atoms with E-state index in [1.54, 1.807) is 17.1 Å². The molecule has 114 valence electrons. The molecule has 21 heavy (non-hydrogen) atoms. The van der Waals surface area contributed by atoms with Crippen LogP contribution in [0, 0.1) is 0 Å². The van der Waals surface area contributed by atoms with Crippen molar-refractivity contribution in [1.82, 2.24) is 14.8 Å². The van der Waals surface area contributed by atoms with Crippen LogP contribution >= 0.6 is 10.7 Å². The summed E-state index contributed by atoms with van der Waals surface area (Å²) in [6.07, 6.45) is 5.36. The molecule has 0 aliphatic carbocycles. The third-order valence-corrected chi connectivity index (χ3v) is 4.77. The Morgan fingerprint density at radius 3 is 2.38 bits per heavy atom. The lowest BCUT2D eigenvalue weighted by molar-refractivity contribution is 0.577. The molecular formula is C14H18ClN3O2S. The molecule has 0 aliphatic heterocycles. The van der Waals surface area contributed by atoms with Gasteiger partial charge in [0.1, 0.15) is 4.90 Å². The van der Waals surface area contributed by atoms with Crippen molar-refractivity contribution >= 4 is 19.7 Å². The number of hydrogen-bond acceptors (Lipinski definition) is 4. The van der Waals surface area contributed by atoms with Crippen LogP contribution in [0.5, 0.6) is 0 Å². The highest BCUT2D eigenvalue weighted by Gasteiger charge is 2.25. The molecular weight excluding hydrogens is 310 g/mol. The topological polar surface area (TPSA) is 64.8 Å². The molecule has 2 heterocycles. The van der Waals surface area contributed by atoms with Gasteiger partial charge in [0.25, 0.3) is 9.05 Å². The number of aryl methyl sites for hydroxylation is 3. The van der Waals surface area contributed by atoms with Gasteiger partial charge in [0.2, 0.25) is 0 Å². The standard InChI is InChI=1S/C14H18ClN3O2S/c1-3-12-14(21(15,19)20)13(4-2)18(17-12)10-7-11-5-8-16-9-6-11/h5-6,8-9H,3-4,7,10H2,1-2H3. The first-order valence-corrected chi connectivity index (χ1v) is 9.20. The van der Waals surface area contributed by atoms with Gasteiger partial charge in [0, 0.05) is 29.6 Å². The second-order valence-electron chi connectivity index (χ2n) is 4.70. The molecule has 0 spiro atoms. The average Bonchev–Trinajstić information content (AvgIpc) is 2.84. The van der Waals surface area contributed by atoms with E-state index in [0.717, 1.165) is 12.0 Å². The highest BCUT2D eigenvalue weighted by Crippen LogP contribution is 2.25. The quantitative estimate of drug-likeness (QED) is 0.765. The Hall–Kier alpha value is -1.40. The molecule has 0 N–H and O–H groups in total. The summed E-state index contributed by atoms with van der Waals surface area (Å²) in [5.41, 5.74) is 2.35. The van der Waals surface area contributed by atoms with E-state index in [1.807, 2.05) is 26.0 Å². The second-order valence-corrected chi connectivity index (χ2v) is 7.20. The molecule has 0 radical (unpaired) electrons. The summed E-state index contributed by atoms with van der Waals surface area (Å²) in [5.74, 6) is 0. The summed E-state index contributed by atoms with van der Waals surface area (Å²) >= 11 is 0. The van der Waals surface area contributed by atoms with Crippen molar-refractivity contribution in [2.24, 2.45) is 0 Å². The lowest BCUT2D eigenvalue weighted by Gasteiger charge is -2.06. The van der Waals surface area contributed by atoms with Gasteiger partial charge in [-0.1, -0.05) is 13.8 Å². The van der Waals surface area contributed by atoms with Crippen molar-refractivity contribution in [2.75, 3.05) is 0 Å². The average molecular weight is 328 g/mol. The van der Waals surface area contributed by atoms with Crippen molar-refractivity contribution in [3.63, 3.8) is 0 Å². The zero-order valence-corrected chi connectivity index (χ0v) is 13.7. The summed E-state index contributed by atoms with van der Waals surface area (Å²) in [6.45, 7) is 4.40. The molecule has 0 fully saturated rings. The van der Waals surface area contributed by atoms with Gasteiger partial charge in [0.05, 0.1) is 11.4 Å². The summed E-state index contributed by atoms with van der Waals surface area (Å²) < 4.78 is 25.3. The number of aromatic nitrogens is 3. The fraction of sp³-hybridized carbons (Fsp3) is 0.429. The van der Waals surface area contributed by atoms with Gasteiger partial charge in [-0.2, -0.15) is 5.10 Å². The third-order valence-electron chi connectivity index (χ3n) is 3.35. The molecule has 0 unspecified atom stereocenters. The number of pyridine rings is 1. The Bertz CT molecular complexity index is 711. The van der Waals surface area contributed by atoms with Crippen LogP contribution in [0.25, 0.3) is 0 Å². The van der Waals surface area contributed by atoms with Crippen LogP contribution in [0.3, 0.4) is 0 Å². The Kier molecular flexibility index (Phi) is 5.00. The lowest BCUT2D eigenvalue weighted by Crippen LogP contribution is -2.08. The van der Waals surface area contributed by atoms with E-state index in [0.29, 0.717) is 30.8 Å². The smallest absolute Gasteiger partial charge is 0.264 e. The monoisotopic (exact) mass is 327 g/mol. The molecule has 0 atom stereocenters. The Morgan fingerprint density at radius 2 is 1.86 bits per heavy atom. The number of nitrogens with zero attached hydrogens (tertiary/aromatic N) is 3. The van der Waals surface area contributed by atoms with Crippen LogP contribution in [-0.2, 0) is 34.9 Å². The van der Waals surface area contributed by atoms with Gasteiger partial charge in [-0.15, -0.1) is 0 Å². The Morgan fingerprint density at radius 1 is 1.19 bits per heavy atom. The van der Waals surface area contributed by atoms with Gasteiger partial charge in [-0.05, 0) is 37.0 Å². The predicted octanol–water partition coefficient (Wildman–Crippen LogP) is 2.57. The van der Waals surface area contributed by atoms with E-state index in [9.17, 15) is 8.42 Å². The molecule has 0 bridgehead atoms. The van der Waals surface area contributed by atoms with Crippen LogP contribution in [0.1, 0.15) is 30.8 Å². The van der Waals surface area contributed by atoms with Crippen molar-refractivity contribution in [2.45, 2.75) is 44.6 Å². The second kappa shape index (κ2) is 6.58. The first-order chi connectivity index (χ1) is 9.97. The minimum absolute atomic E-state index is 0.184. The highest BCUT2D eigenvalue weighted by molar-refractivity contribution is 8.13. The first-order valence-electron chi connectivity index (χ1n) is 6.89. The lowest BCUT2D eigenvalue weighted by atomic mass is 10.2. The minimum atomic E-state index is -3.77. The number of rotatable bonds is 6. The Balaban J connectivity index is 2.34. The largest absolute Gasteiger partial charge is 0.268 e. The molecule has 5 nitrogen and oxygen atoms in total. The zero-order valence-electron chi connectivity index (χ0n) is 12.1. The zero-order chi connectivity index (χ0) is 15.5. The van der Waals surface area contributed by atoms with Gasteiger partial charge >= 0.3 is 0 Å².